The summed E-state index contributed by atoms with van der Waals surface area (Å²) in [5, 5.41) is 6.38. The quantitative estimate of drug-likeness (QED) is 0.677. The van der Waals surface area contributed by atoms with Crippen LogP contribution in [0.1, 0.15) is 31.2 Å². The Balaban J connectivity index is 1.49. The Hall–Kier alpha value is -1.55. The van der Waals surface area contributed by atoms with Gasteiger partial charge in [0.05, 0.1) is 7.11 Å². The van der Waals surface area contributed by atoms with E-state index in [9.17, 15) is 4.79 Å². The van der Waals surface area contributed by atoms with Crippen LogP contribution in [0.25, 0.3) is 0 Å². The van der Waals surface area contributed by atoms with E-state index in [-0.39, 0.29) is 5.91 Å². The lowest BCUT2D eigenvalue weighted by Gasteiger charge is -2.06. The molecule has 0 aliphatic heterocycles. The molecule has 0 atom stereocenters. The van der Waals surface area contributed by atoms with Crippen molar-refractivity contribution in [3.63, 3.8) is 0 Å². The molecular formula is C16H24N2O2. The molecule has 0 aromatic heterocycles. The van der Waals surface area contributed by atoms with Crippen LogP contribution in [0.3, 0.4) is 0 Å². The molecule has 0 radical (unpaired) electrons. The fourth-order valence-corrected chi connectivity index (χ4v) is 2.05. The van der Waals surface area contributed by atoms with Crippen LogP contribution in [0.4, 0.5) is 0 Å². The molecule has 2 N–H and O–H groups in total. The summed E-state index contributed by atoms with van der Waals surface area (Å²) >= 11 is 0. The fraction of sp³-hybridized carbons (Fsp3) is 0.562. The molecule has 1 fully saturated rings. The van der Waals surface area contributed by atoms with Crippen molar-refractivity contribution >= 4 is 5.91 Å². The summed E-state index contributed by atoms with van der Waals surface area (Å²) in [5.41, 5.74) is 1.30. The van der Waals surface area contributed by atoms with Gasteiger partial charge in [0, 0.05) is 12.5 Å². The van der Waals surface area contributed by atoms with Crippen LogP contribution in [0.15, 0.2) is 24.3 Å². The van der Waals surface area contributed by atoms with Gasteiger partial charge in [-0.25, -0.2) is 0 Å². The predicted molar refractivity (Wildman–Crippen MR) is 80.0 cm³/mol. The lowest BCUT2D eigenvalue weighted by atomic mass is 10.1. The molecule has 1 aromatic carbocycles. The van der Waals surface area contributed by atoms with Gasteiger partial charge < -0.3 is 15.4 Å². The van der Waals surface area contributed by atoms with E-state index < -0.39 is 0 Å². The molecule has 4 heteroatoms. The Morgan fingerprint density at radius 2 is 2.00 bits per heavy atom. The third-order valence-electron chi connectivity index (χ3n) is 3.45. The summed E-state index contributed by atoms with van der Waals surface area (Å²) in [5.74, 6) is 1.09. The lowest BCUT2D eigenvalue weighted by Crippen LogP contribution is -2.26. The van der Waals surface area contributed by atoms with Crippen molar-refractivity contribution in [3.05, 3.63) is 29.8 Å². The van der Waals surface area contributed by atoms with E-state index in [1.54, 1.807) is 7.11 Å². The SMILES string of the molecule is COc1ccc(CCNCCCC(=O)NC2CC2)cc1. The highest BCUT2D eigenvalue weighted by Crippen LogP contribution is 2.18. The van der Waals surface area contributed by atoms with Crippen LogP contribution < -0.4 is 15.4 Å². The topological polar surface area (TPSA) is 50.4 Å². The summed E-state index contributed by atoms with van der Waals surface area (Å²) in [6.07, 6.45) is 4.85. The number of carbonyl (C=O) groups is 1. The molecule has 1 amide bonds. The fourth-order valence-electron chi connectivity index (χ4n) is 2.05. The molecular weight excluding hydrogens is 252 g/mol. The van der Waals surface area contributed by atoms with E-state index >= 15 is 0 Å². The monoisotopic (exact) mass is 276 g/mol. The smallest absolute Gasteiger partial charge is 0.220 e. The maximum Gasteiger partial charge on any atom is 0.220 e. The second-order valence-corrected chi connectivity index (χ2v) is 5.29. The Morgan fingerprint density at radius 1 is 1.25 bits per heavy atom. The number of rotatable bonds is 9. The highest BCUT2D eigenvalue weighted by molar-refractivity contribution is 5.76. The lowest BCUT2D eigenvalue weighted by molar-refractivity contribution is -0.121. The van der Waals surface area contributed by atoms with Crippen LogP contribution in [0.5, 0.6) is 5.75 Å². The first kappa shape index (κ1) is 14.9. The minimum Gasteiger partial charge on any atom is -0.497 e. The van der Waals surface area contributed by atoms with Gasteiger partial charge in [-0.3, -0.25) is 4.79 Å². The zero-order valence-corrected chi connectivity index (χ0v) is 12.2. The number of amides is 1. The zero-order valence-electron chi connectivity index (χ0n) is 12.2. The Labute approximate surface area is 120 Å². The van der Waals surface area contributed by atoms with Gasteiger partial charge in [-0.2, -0.15) is 0 Å². The molecule has 1 aliphatic rings. The first-order valence-corrected chi connectivity index (χ1v) is 7.41. The zero-order chi connectivity index (χ0) is 14.2. The number of benzene rings is 1. The highest BCUT2D eigenvalue weighted by Gasteiger charge is 2.22. The summed E-state index contributed by atoms with van der Waals surface area (Å²) in [6.45, 7) is 1.84. The van der Waals surface area contributed by atoms with E-state index in [1.165, 1.54) is 5.56 Å². The molecule has 0 unspecified atom stereocenters. The van der Waals surface area contributed by atoms with Crippen molar-refractivity contribution in [2.45, 2.75) is 38.1 Å². The van der Waals surface area contributed by atoms with Crippen molar-refractivity contribution in [1.82, 2.24) is 10.6 Å². The standard InChI is InChI=1S/C16H24N2O2/c1-20-15-8-4-13(5-9-15)10-12-17-11-2-3-16(19)18-14-6-7-14/h4-5,8-9,14,17H,2-3,6-7,10-12H2,1H3,(H,18,19). The summed E-state index contributed by atoms with van der Waals surface area (Å²) in [7, 11) is 1.68. The molecule has 1 aromatic rings. The van der Waals surface area contributed by atoms with E-state index in [2.05, 4.69) is 22.8 Å². The molecule has 0 saturated heterocycles. The van der Waals surface area contributed by atoms with Crippen molar-refractivity contribution < 1.29 is 9.53 Å². The number of carbonyl (C=O) groups excluding carboxylic acids is 1. The summed E-state index contributed by atoms with van der Waals surface area (Å²) in [6, 6.07) is 8.62. The third kappa shape index (κ3) is 5.61. The molecule has 1 saturated carbocycles. The van der Waals surface area contributed by atoms with Gasteiger partial charge in [0.25, 0.3) is 0 Å². The normalized spacial score (nSPS) is 14.1. The molecule has 0 spiro atoms. The predicted octanol–water partition coefficient (Wildman–Crippen LogP) is 1.89. The first-order chi connectivity index (χ1) is 9.78. The minimum atomic E-state index is 0.199. The van der Waals surface area contributed by atoms with Gasteiger partial charge in [-0.1, -0.05) is 12.1 Å². The number of ether oxygens (including phenoxy) is 1. The second-order valence-electron chi connectivity index (χ2n) is 5.29. The van der Waals surface area contributed by atoms with Crippen LogP contribution in [0, 0.1) is 0 Å². The van der Waals surface area contributed by atoms with E-state index in [0.29, 0.717) is 12.5 Å². The summed E-state index contributed by atoms with van der Waals surface area (Å²) in [4.78, 5) is 11.5. The van der Waals surface area contributed by atoms with Gasteiger partial charge in [0.1, 0.15) is 5.75 Å². The van der Waals surface area contributed by atoms with Crippen molar-refractivity contribution in [1.29, 1.82) is 0 Å². The highest BCUT2D eigenvalue weighted by atomic mass is 16.5. The molecule has 2 rings (SSSR count). The van der Waals surface area contributed by atoms with Crippen molar-refractivity contribution in [2.75, 3.05) is 20.2 Å². The molecule has 1 aliphatic carbocycles. The first-order valence-electron chi connectivity index (χ1n) is 7.41. The van der Waals surface area contributed by atoms with Crippen LogP contribution in [-0.4, -0.2) is 32.1 Å². The second kappa shape index (κ2) is 7.90. The molecule has 20 heavy (non-hydrogen) atoms. The van der Waals surface area contributed by atoms with E-state index in [4.69, 9.17) is 4.74 Å². The van der Waals surface area contributed by atoms with Crippen LogP contribution in [-0.2, 0) is 11.2 Å². The van der Waals surface area contributed by atoms with Gasteiger partial charge in [0.15, 0.2) is 0 Å². The largest absolute Gasteiger partial charge is 0.497 e. The Kier molecular flexibility index (Phi) is 5.87. The van der Waals surface area contributed by atoms with Crippen molar-refractivity contribution in [2.24, 2.45) is 0 Å². The molecule has 0 bridgehead atoms. The average Bonchev–Trinajstić information content (AvgIpc) is 3.27. The maximum absolute atomic E-state index is 11.5. The number of hydrogen-bond acceptors (Lipinski definition) is 3. The van der Waals surface area contributed by atoms with Crippen molar-refractivity contribution in [3.8, 4) is 5.75 Å². The summed E-state index contributed by atoms with van der Waals surface area (Å²) < 4.78 is 5.13. The van der Waals surface area contributed by atoms with Crippen LogP contribution >= 0.6 is 0 Å². The van der Waals surface area contributed by atoms with Crippen LogP contribution in [0.2, 0.25) is 0 Å². The Bertz CT molecular complexity index is 413. The van der Waals surface area contributed by atoms with Gasteiger partial charge in [-0.15, -0.1) is 0 Å². The van der Waals surface area contributed by atoms with Gasteiger partial charge in [0.2, 0.25) is 5.91 Å². The molecule has 110 valence electrons. The molecule has 0 heterocycles. The maximum atomic E-state index is 11.5. The third-order valence-corrected chi connectivity index (χ3v) is 3.45. The Morgan fingerprint density at radius 3 is 2.65 bits per heavy atom. The molecule has 4 nitrogen and oxygen atoms in total. The van der Waals surface area contributed by atoms with Gasteiger partial charge in [-0.05, 0) is 56.5 Å². The van der Waals surface area contributed by atoms with E-state index in [1.807, 2.05) is 12.1 Å². The average molecular weight is 276 g/mol. The number of methoxy groups -OCH3 is 1. The number of nitrogens with one attached hydrogen (secondary N) is 2. The van der Waals surface area contributed by atoms with E-state index in [0.717, 1.165) is 44.5 Å². The van der Waals surface area contributed by atoms with Gasteiger partial charge >= 0.3 is 0 Å². The number of hydrogen-bond donors (Lipinski definition) is 2. The minimum absolute atomic E-state index is 0.199.